The molecule has 3 rings (SSSR count). The van der Waals surface area contributed by atoms with E-state index in [4.69, 9.17) is 0 Å². The minimum Gasteiger partial charge on any atom is -0.333 e. The molecule has 4 nitrogen and oxygen atoms in total. The molecule has 0 radical (unpaired) electrons. The van der Waals surface area contributed by atoms with Crippen molar-refractivity contribution in [3.63, 3.8) is 0 Å². The van der Waals surface area contributed by atoms with E-state index in [0.29, 0.717) is 11.2 Å². The molecular weight excluding hydrogens is 377 g/mol. The summed E-state index contributed by atoms with van der Waals surface area (Å²) in [7, 11) is 1.50. The molecule has 0 aliphatic heterocycles. The first-order chi connectivity index (χ1) is 14.0. The van der Waals surface area contributed by atoms with Crippen LogP contribution in [0.15, 0.2) is 54.6 Å². The summed E-state index contributed by atoms with van der Waals surface area (Å²) in [6.07, 6.45) is -3.50. The number of benzene rings is 2. The van der Waals surface area contributed by atoms with Crippen LogP contribution in [0.5, 0.6) is 0 Å². The Labute approximate surface area is 170 Å². The van der Waals surface area contributed by atoms with Crippen molar-refractivity contribution in [2.75, 3.05) is 19.0 Å². The molecule has 2 aromatic carbocycles. The van der Waals surface area contributed by atoms with Gasteiger partial charge in [-0.15, -0.1) is 0 Å². The molecule has 0 saturated carbocycles. The van der Waals surface area contributed by atoms with Gasteiger partial charge in [-0.2, -0.15) is 13.2 Å². The lowest BCUT2D eigenvalue weighted by Gasteiger charge is -2.15. The van der Waals surface area contributed by atoms with Gasteiger partial charge in [0.25, 0.3) is 0 Å². The zero-order valence-electron chi connectivity index (χ0n) is 17.3. The number of hydrogen-bond acceptors (Lipinski definition) is 4. The van der Waals surface area contributed by atoms with E-state index >= 15 is 0 Å². The molecule has 0 saturated heterocycles. The molecule has 7 heteroatoms. The van der Waals surface area contributed by atoms with E-state index in [-0.39, 0.29) is 11.3 Å². The first kappa shape index (κ1) is 24.4. The Kier molecular flexibility index (Phi) is 10.1. The number of halogens is 3. The Hall–Kier alpha value is -2.64. The summed E-state index contributed by atoms with van der Waals surface area (Å²) < 4.78 is 40.0. The fraction of sp³-hybridized carbons (Fsp3) is 0.318. The van der Waals surface area contributed by atoms with Crippen molar-refractivity contribution in [2.45, 2.75) is 33.4 Å². The fourth-order valence-corrected chi connectivity index (χ4v) is 2.65. The number of aromatic nitrogens is 1. The van der Waals surface area contributed by atoms with Crippen LogP contribution < -0.4 is 16.6 Å². The first-order valence-electron chi connectivity index (χ1n) is 9.63. The van der Waals surface area contributed by atoms with Crippen LogP contribution in [0.4, 0.5) is 18.9 Å². The number of nitrogens with two attached hydrogens (primary N) is 1. The van der Waals surface area contributed by atoms with Gasteiger partial charge in [-0.1, -0.05) is 57.2 Å². The lowest BCUT2D eigenvalue weighted by Crippen LogP contribution is -2.22. The minimum absolute atomic E-state index is 0.0688. The Morgan fingerprint density at radius 1 is 0.966 bits per heavy atom. The summed E-state index contributed by atoms with van der Waals surface area (Å²) in [6, 6.07) is 14.5. The van der Waals surface area contributed by atoms with E-state index in [9.17, 15) is 13.2 Å². The molecule has 0 aliphatic rings. The predicted octanol–water partition coefficient (Wildman–Crippen LogP) is 5.85. The maximum Gasteiger partial charge on any atom is 0.417 e. The van der Waals surface area contributed by atoms with Crippen LogP contribution in [0.25, 0.3) is 22.2 Å². The third kappa shape index (κ3) is 6.44. The van der Waals surface area contributed by atoms with Crippen molar-refractivity contribution in [1.29, 1.82) is 0 Å². The largest absolute Gasteiger partial charge is 0.417 e. The fourth-order valence-electron chi connectivity index (χ4n) is 2.65. The quantitative estimate of drug-likeness (QED) is 0.367. The van der Waals surface area contributed by atoms with Gasteiger partial charge in [-0.05, 0) is 31.7 Å². The van der Waals surface area contributed by atoms with Gasteiger partial charge in [0.2, 0.25) is 0 Å². The normalized spacial score (nSPS) is 10.5. The summed E-state index contributed by atoms with van der Waals surface area (Å²) in [5.41, 5.74) is 11.7. The van der Waals surface area contributed by atoms with Crippen LogP contribution in [-0.2, 0) is 6.18 Å². The van der Waals surface area contributed by atoms with Crippen LogP contribution in [-0.4, -0.2) is 18.6 Å². The number of para-hydroxylation sites is 1. The number of anilines is 1. The molecule has 29 heavy (non-hydrogen) atoms. The van der Waals surface area contributed by atoms with Gasteiger partial charge < -0.3 is 11.2 Å². The molecule has 4 N–H and O–H groups in total. The minimum atomic E-state index is -4.43. The second kappa shape index (κ2) is 12.0. The molecule has 0 amide bonds. The predicted molar refractivity (Wildman–Crippen MR) is 116 cm³/mol. The number of hydrogen-bond donors (Lipinski definition) is 3. The Morgan fingerprint density at radius 2 is 1.59 bits per heavy atom. The van der Waals surface area contributed by atoms with E-state index in [0.717, 1.165) is 24.4 Å². The third-order valence-corrected chi connectivity index (χ3v) is 3.82. The van der Waals surface area contributed by atoms with Crippen LogP contribution in [0, 0.1) is 0 Å². The Bertz CT molecular complexity index is 879. The molecule has 1 heterocycles. The number of nitrogens with one attached hydrogen (secondary N) is 2. The van der Waals surface area contributed by atoms with E-state index in [2.05, 4.69) is 21.6 Å². The van der Waals surface area contributed by atoms with Crippen molar-refractivity contribution in [3.05, 3.63) is 60.2 Å². The van der Waals surface area contributed by atoms with Crippen LogP contribution in [0.2, 0.25) is 0 Å². The van der Waals surface area contributed by atoms with E-state index in [1.165, 1.54) is 19.2 Å². The highest BCUT2D eigenvalue weighted by Crippen LogP contribution is 2.37. The molecule has 158 valence electrons. The average Bonchev–Trinajstić information content (AvgIpc) is 2.76. The number of fused-ring (bicyclic) bond motifs is 1. The molecule has 0 bridgehead atoms. The van der Waals surface area contributed by atoms with E-state index in [1.807, 2.05) is 39.0 Å². The molecule has 0 atom stereocenters. The van der Waals surface area contributed by atoms with Gasteiger partial charge >= 0.3 is 6.18 Å². The van der Waals surface area contributed by atoms with Crippen molar-refractivity contribution in [1.82, 2.24) is 10.4 Å². The maximum atomic E-state index is 13.3. The first-order valence-corrected chi connectivity index (χ1v) is 9.63. The summed E-state index contributed by atoms with van der Waals surface area (Å²) >= 11 is 0. The lowest BCUT2D eigenvalue weighted by molar-refractivity contribution is -0.137. The SMILES string of the molecule is CC.CCCNNc1cc(-c2ccccc2C(F)(F)F)nc2ccccc12.CN. The second-order valence-corrected chi connectivity index (χ2v) is 5.67. The van der Waals surface area contributed by atoms with Gasteiger partial charge in [0.15, 0.2) is 0 Å². The Morgan fingerprint density at radius 3 is 2.24 bits per heavy atom. The summed E-state index contributed by atoms with van der Waals surface area (Å²) in [6.45, 7) is 6.77. The van der Waals surface area contributed by atoms with Gasteiger partial charge in [-0.3, -0.25) is 0 Å². The number of alkyl halides is 3. The summed E-state index contributed by atoms with van der Waals surface area (Å²) in [5, 5.41) is 0.847. The molecule has 1 aromatic heterocycles. The molecule has 0 aliphatic carbocycles. The van der Waals surface area contributed by atoms with Crippen molar-refractivity contribution < 1.29 is 13.2 Å². The van der Waals surface area contributed by atoms with Gasteiger partial charge in [0, 0.05) is 17.5 Å². The zero-order valence-corrected chi connectivity index (χ0v) is 17.3. The number of pyridine rings is 1. The topological polar surface area (TPSA) is 63.0 Å². The monoisotopic (exact) mass is 406 g/mol. The molecular formula is C22H29F3N4. The number of rotatable bonds is 5. The molecule has 3 aromatic rings. The Balaban J connectivity index is 0.000000989. The van der Waals surface area contributed by atoms with Gasteiger partial charge in [-0.25, -0.2) is 10.4 Å². The van der Waals surface area contributed by atoms with Crippen LogP contribution >= 0.6 is 0 Å². The number of nitrogens with zero attached hydrogens (tertiary/aromatic N) is 1. The van der Waals surface area contributed by atoms with Crippen molar-refractivity contribution in [3.8, 4) is 11.3 Å². The highest BCUT2D eigenvalue weighted by Gasteiger charge is 2.33. The third-order valence-electron chi connectivity index (χ3n) is 3.82. The molecule has 0 spiro atoms. The molecule has 0 unspecified atom stereocenters. The standard InChI is InChI=1S/C19H18F3N3.C2H6.CH5N/c1-2-11-23-25-18-12-17(24-16-10-6-4-8-14(16)18)13-7-3-5-9-15(13)19(20,21)22;2*1-2/h3-10,12,23H,2,11H2,1H3,(H,24,25);1-2H3;2H2,1H3. The second-order valence-electron chi connectivity index (χ2n) is 5.67. The van der Waals surface area contributed by atoms with E-state index < -0.39 is 11.7 Å². The zero-order chi connectivity index (χ0) is 21.9. The smallest absolute Gasteiger partial charge is 0.333 e. The number of hydrazine groups is 1. The summed E-state index contributed by atoms with van der Waals surface area (Å²) in [5.74, 6) is 0. The highest BCUT2D eigenvalue weighted by molar-refractivity contribution is 5.93. The molecule has 0 fully saturated rings. The van der Waals surface area contributed by atoms with Crippen LogP contribution in [0.3, 0.4) is 0 Å². The highest BCUT2D eigenvalue weighted by atomic mass is 19.4. The summed E-state index contributed by atoms with van der Waals surface area (Å²) in [4.78, 5) is 4.44. The average molecular weight is 406 g/mol. The maximum absolute atomic E-state index is 13.3. The van der Waals surface area contributed by atoms with Gasteiger partial charge in [0.1, 0.15) is 0 Å². The van der Waals surface area contributed by atoms with Gasteiger partial charge in [0.05, 0.1) is 22.5 Å². The van der Waals surface area contributed by atoms with Crippen molar-refractivity contribution in [2.24, 2.45) is 5.73 Å². The van der Waals surface area contributed by atoms with E-state index in [1.54, 1.807) is 18.2 Å². The van der Waals surface area contributed by atoms with Crippen molar-refractivity contribution >= 4 is 16.6 Å². The van der Waals surface area contributed by atoms with Crippen LogP contribution in [0.1, 0.15) is 32.8 Å². The lowest BCUT2D eigenvalue weighted by atomic mass is 10.0.